The predicted molar refractivity (Wildman–Crippen MR) is 112 cm³/mol. The Labute approximate surface area is 169 Å². The molecule has 4 nitrogen and oxygen atoms in total. The molecule has 0 fully saturated rings. The Bertz CT molecular complexity index is 728. The summed E-state index contributed by atoms with van der Waals surface area (Å²) in [5.74, 6) is -0.403. The van der Waals surface area contributed by atoms with Crippen molar-refractivity contribution in [2.45, 2.75) is 0 Å². The highest BCUT2D eigenvalue weighted by atomic mass is 79.9. The molecule has 134 valence electrons. The number of benzene rings is 2. The van der Waals surface area contributed by atoms with Crippen molar-refractivity contribution in [1.82, 2.24) is 10.6 Å². The summed E-state index contributed by atoms with van der Waals surface area (Å²) in [4.78, 5) is 23.5. The smallest absolute Gasteiger partial charge is 0.244 e. The van der Waals surface area contributed by atoms with E-state index in [0.717, 1.165) is 20.1 Å². The third-order valence-electron chi connectivity index (χ3n) is 3.32. The first-order valence-corrected chi connectivity index (χ1v) is 9.54. The molecule has 0 unspecified atom stereocenters. The van der Waals surface area contributed by atoms with Crippen LogP contribution in [-0.2, 0) is 9.59 Å². The summed E-state index contributed by atoms with van der Waals surface area (Å²) < 4.78 is 1.98. The summed E-state index contributed by atoms with van der Waals surface area (Å²) in [6.07, 6.45) is 6.42. The molecule has 0 atom stereocenters. The lowest BCUT2D eigenvalue weighted by molar-refractivity contribution is -0.118. The van der Waals surface area contributed by atoms with Gasteiger partial charge in [0.05, 0.1) is 0 Å². The van der Waals surface area contributed by atoms with E-state index in [1.165, 1.54) is 12.2 Å². The van der Waals surface area contributed by atoms with Gasteiger partial charge in [0, 0.05) is 34.2 Å². The second-order valence-corrected chi connectivity index (χ2v) is 7.18. The van der Waals surface area contributed by atoms with E-state index in [0.29, 0.717) is 13.1 Å². The molecule has 0 aliphatic heterocycles. The Morgan fingerprint density at radius 3 is 1.38 bits per heavy atom. The van der Waals surface area contributed by atoms with Crippen molar-refractivity contribution in [3.63, 3.8) is 0 Å². The van der Waals surface area contributed by atoms with Crippen LogP contribution in [0.3, 0.4) is 0 Å². The quantitative estimate of drug-likeness (QED) is 0.464. The Balaban J connectivity index is 1.66. The summed E-state index contributed by atoms with van der Waals surface area (Å²) in [5, 5.41) is 5.44. The molecular formula is C20H18Br2N2O2. The van der Waals surface area contributed by atoms with Gasteiger partial charge in [-0.2, -0.15) is 0 Å². The second-order valence-electron chi connectivity index (χ2n) is 5.35. The molecule has 0 aliphatic rings. The molecule has 2 aromatic carbocycles. The fraction of sp³-hybridized carbons (Fsp3) is 0.100. The molecule has 6 heteroatoms. The average molecular weight is 478 g/mol. The summed E-state index contributed by atoms with van der Waals surface area (Å²) in [7, 11) is 0. The van der Waals surface area contributed by atoms with E-state index < -0.39 is 0 Å². The number of nitrogens with one attached hydrogen (secondary N) is 2. The Kier molecular flexibility index (Phi) is 8.31. The van der Waals surface area contributed by atoms with E-state index in [1.807, 2.05) is 48.5 Å². The number of hydrogen-bond acceptors (Lipinski definition) is 2. The highest BCUT2D eigenvalue weighted by molar-refractivity contribution is 9.10. The van der Waals surface area contributed by atoms with Gasteiger partial charge in [0.25, 0.3) is 0 Å². The predicted octanol–water partition coefficient (Wildman–Crippen LogP) is 4.17. The van der Waals surface area contributed by atoms with Gasteiger partial charge < -0.3 is 10.6 Å². The van der Waals surface area contributed by atoms with Gasteiger partial charge in [-0.3, -0.25) is 9.59 Å². The maximum Gasteiger partial charge on any atom is 0.244 e. The van der Waals surface area contributed by atoms with Crippen molar-refractivity contribution in [2.75, 3.05) is 13.1 Å². The van der Waals surface area contributed by atoms with Crippen LogP contribution in [0.1, 0.15) is 11.1 Å². The molecule has 0 heterocycles. The normalized spacial score (nSPS) is 11.0. The van der Waals surface area contributed by atoms with Crippen molar-refractivity contribution >= 4 is 55.8 Å². The molecule has 26 heavy (non-hydrogen) atoms. The molecular weight excluding hydrogens is 460 g/mol. The molecule has 2 rings (SSSR count). The second kappa shape index (κ2) is 10.7. The van der Waals surface area contributed by atoms with Crippen LogP contribution in [0.15, 0.2) is 69.6 Å². The lowest BCUT2D eigenvalue weighted by Gasteiger charge is -2.03. The first kappa shape index (κ1) is 20.1. The third kappa shape index (κ3) is 7.80. The lowest BCUT2D eigenvalue weighted by atomic mass is 10.2. The third-order valence-corrected chi connectivity index (χ3v) is 4.38. The molecule has 0 spiro atoms. The van der Waals surface area contributed by atoms with Gasteiger partial charge >= 0.3 is 0 Å². The molecule has 0 radical (unpaired) electrons. The number of rotatable bonds is 7. The lowest BCUT2D eigenvalue weighted by Crippen LogP contribution is -2.33. The van der Waals surface area contributed by atoms with Crippen molar-refractivity contribution in [3.05, 3.63) is 80.8 Å². The minimum atomic E-state index is -0.201. The van der Waals surface area contributed by atoms with Gasteiger partial charge in [0.2, 0.25) is 11.8 Å². The number of amides is 2. The van der Waals surface area contributed by atoms with Crippen LogP contribution in [0.4, 0.5) is 0 Å². The monoisotopic (exact) mass is 476 g/mol. The summed E-state index contributed by atoms with van der Waals surface area (Å²) in [5.41, 5.74) is 1.88. The number of carbonyl (C=O) groups excluding carboxylic acids is 2. The molecule has 0 saturated carbocycles. The highest BCUT2D eigenvalue weighted by Crippen LogP contribution is 2.12. The average Bonchev–Trinajstić information content (AvgIpc) is 2.64. The van der Waals surface area contributed by atoms with Crippen LogP contribution in [0, 0.1) is 0 Å². The largest absolute Gasteiger partial charge is 0.351 e. The Morgan fingerprint density at radius 1 is 0.692 bits per heavy atom. The SMILES string of the molecule is O=C(/C=C/c1ccc(Br)cc1)NCCNC(=O)/C=C/c1ccc(Br)cc1. The number of carbonyl (C=O) groups is 2. The van der Waals surface area contributed by atoms with Crippen LogP contribution >= 0.6 is 31.9 Å². The number of halogens is 2. The fourth-order valence-electron chi connectivity index (χ4n) is 1.98. The molecule has 2 aromatic rings. The van der Waals surface area contributed by atoms with Gasteiger partial charge in [-0.1, -0.05) is 56.1 Å². The minimum absolute atomic E-state index is 0.201. The van der Waals surface area contributed by atoms with Crippen LogP contribution in [0.5, 0.6) is 0 Å². The van der Waals surface area contributed by atoms with E-state index in [9.17, 15) is 9.59 Å². The van der Waals surface area contributed by atoms with E-state index in [4.69, 9.17) is 0 Å². The first-order valence-electron chi connectivity index (χ1n) is 7.96. The molecule has 2 N–H and O–H groups in total. The highest BCUT2D eigenvalue weighted by Gasteiger charge is 1.98. The first-order chi connectivity index (χ1) is 12.5. The standard InChI is InChI=1S/C20H18Br2N2O2/c21-17-7-1-15(2-8-17)5-11-19(25)23-13-14-24-20(26)12-6-16-3-9-18(22)10-4-16/h1-12H,13-14H2,(H,23,25)(H,24,26)/b11-5+,12-6+. The van der Waals surface area contributed by atoms with Crippen molar-refractivity contribution in [1.29, 1.82) is 0 Å². The van der Waals surface area contributed by atoms with E-state index in [2.05, 4.69) is 42.5 Å². The zero-order valence-electron chi connectivity index (χ0n) is 13.9. The summed E-state index contributed by atoms with van der Waals surface area (Å²) in [6.45, 7) is 0.725. The van der Waals surface area contributed by atoms with Crippen LogP contribution in [-0.4, -0.2) is 24.9 Å². The zero-order chi connectivity index (χ0) is 18.8. The molecule has 0 aliphatic carbocycles. The Hall–Kier alpha value is -2.18. The minimum Gasteiger partial charge on any atom is -0.351 e. The number of hydrogen-bond donors (Lipinski definition) is 2. The van der Waals surface area contributed by atoms with Crippen molar-refractivity contribution in [2.24, 2.45) is 0 Å². The topological polar surface area (TPSA) is 58.2 Å². The molecule has 0 bridgehead atoms. The van der Waals surface area contributed by atoms with Gasteiger partial charge in [-0.15, -0.1) is 0 Å². The maximum atomic E-state index is 11.7. The molecule has 2 amide bonds. The van der Waals surface area contributed by atoms with Crippen LogP contribution in [0.25, 0.3) is 12.2 Å². The van der Waals surface area contributed by atoms with Gasteiger partial charge in [0.15, 0.2) is 0 Å². The zero-order valence-corrected chi connectivity index (χ0v) is 17.1. The molecule has 0 saturated heterocycles. The van der Waals surface area contributed by atoms with Crippen molar-refractivity contribution in [3.8, 4) is 0 Å². The summed E-state index contributed by atoms with van der Waals surface area (Å²) in [6, 6.07) is 15.3. The fourth-order valence-corrected chi connectivity index (χ4v) is 2.51. The maximum absolute atomic E-state index is 11.7. The molecule has 0 aromatic heterocycles. The summed E-state index contributed by atoms with van der Waals surface area (Å²) >= 11 is 6.72. The van der Waals surface area contributed by atoms with E-state index in [-0.39, 0.29) is 11.8 Å². The van der Waals surface area contributed by atoms with Crippen molar-refractivity contribution < 1.29 is 9.59 Å². The van der Waals surface area contributed by atoms with Gasteiger partial charge in [-0.05, 0) is 47.5 Å². The van der Waals surface area contributed by atoms with Crippen LogP contribution < -0.4 is 10.6 Å². The van der Waals surface area contributed by atoms with E-state index >= 15 is 0 Å². The van der Waals surface area contributed by atoms with Crippen LogP contribution in [0.2, 0.25) is 0 Å². The van der Waals surface area contributed by atoms with E-state index in [1.54, 1.807) is 12.2 Å². The van der Waals surface area contributed by atoms with Gasteiger partial charge in [0.1, 0.15) is 0 Å². The Morgan fingerprint density at radius 2 is 1.04 bits per heavy atom. The van der Waals surface area contributed by atoms with Gasteiger partial charge in [-0.25, -0.2) is 0 Å².